The van der Waals surface area contributed by atoms with E-state index in [1.807, 2.05) is 30.3 Å². The number of methoxy groups -OCH3 is 1. The summed E-state index contributed by atoms with van der Waals surface area (Å²) >= 11 is 6.26. The molecule has 1 amide bonds. The highest BCUT2D eigenvalue weighted by Crippen LogP contribution is 2.49. The van der Waals surface area contributed by atoms with Gasteiger partial charge in [0, 0.05) is 36.6 Å². The number of halogens is 2. The van der Waals surface area contributed by atoms with Crippen LogP contribution in [0.25, 0.3) is 0 Å². The van der Waals surface area contributed by atoms with Crippen molar-refractivity contribution in [1.82, 2.24) is 10.2 Å². The van der Waals surface area contributed by atoms with Gasteiger partial charge in [0.1, 0.15) is 0 Å². The predicted octanol–water partition coefficient (Wildman–Crippen LogP) is 4.37. The number of carbonyl (C=O) groups is 1. The number of hydrogen-bond acceptors (Lipinski definition) is 3. The SMILES string of the molecule is COc1ccc(CN2CCC(NC(=O)C3CC3c3ccccc3Cl)CC2)cc1F. The predicted molar refractivity (Wildman–Crippen MR) is 112 cm³/mol. The number of benzene rings is 2. The molecule has 0 aromatic heterocycles. The molecule has 2 atom stereocenters. The molecule has 0 radical (unpaired) electrons. The molecule has 0 spiro atoms. The Morgan fingerprint density at radius 2 is 2.00 bits per heavy atom. The number of hydrogen-bond donors (Lipinski definition) is 1. The van der Waals surface area contributed by atoms with E-state index in [-0.39, 0.29) is 35.4 Å². The van der Waals surface area contributed by atoms with Crippen molar-refractivity contribution < 1.29 is 13.9 Å². The Hall–Kier alpha value is -2.11. The van der Waals surface area contributed by atoms with Crippen LogP contribution in [-0.4, -0.2) is 37.0 Å². The van der Waals surface area contributed by atoms with Crippen LogP contribution in [0.4, 0.5) is 4.39 Å². The number of rotatable bonds is 6. The summed E-state index contributed by atoms with van der Waals surface area (Å²) in [6.45, 7) is 2.48. The van der Waals surface area contributed by atoms with Crippen molar-refractivity contribution in [1.29, 1.82) is 0 Å². The highest BCUT2D eigenvalue weighted by molar-refractivity contribution is 6.31. The first kappa shape index (κ1) is 20.2. The maximum absolute atomic E-state index is 13.9. The van der Waals surface area contributed by atoms with E-state index in [1.54, 1.807) is 6.07 Å². The summed E-state index contributed by atoms with van der Waals surface area (Å²) in [5.41, 5.74) is 2.02. The van der Waals surface area contributed by atoms with Gasteiger partial charge in [0.15, 0.2) is 11.6 Å². The van der Waals surface area contributed by atoms with E-state index in [0.29, 0.717) is 6.54 Å². The first-order valence-electron chi connectivity index (χ1n) is 10.1. The van der Waals surface area contributed by atoms with Crippen molar-refractivity contribution >= 4 is 17.5 Å². The standard InChI is InChI=1S/C23H26ClFN2O2/c1-29-22-7-6-15(12-21(22)25)14-27-10-8-16(9-11-27)26-23(28)19-13-18(19)17-4-2-3-5-20(17)24/h2-7,12,16,18-19H,8-11,13-14H2,1H3,(H,26,28). The summed E-state index contributed by atoms with van der Waals surface area (Å²) in [7, 11) is 1.47. The topological polar surface area (TPSA) is 41.6 Å². The summed E-state index contributed by atoms with van der Waals surface area (Å²) in [6.07, 6.45) is 2.69. The van der Waals surface area contributed by atoms with E-state index in [9.17, 15) is 9.18 Å². The van der Waals surface area contributed by atoms with Gasteiger partial charge < -0.3 is 10.1 Å². The number of ether oxygens (including phenoxy) is 1. The van der Waals surface area contributed by atoms with Crippen molar-refractivity contribution in [3.8, 4) is 5.75 Å². The third-order valence-electron chi connectivity index (χ3n) is 5.99. The minimum Gasteiger partial charge on any atom is -0.494 e. The summed E-state index contributed by atoms with van der Waals surface area (Å²) in [5.74, 6) is 0.365. The van der Waals surface area contributed by atoms with Crippen LogP contribution in [0.15, 0.2) is 42.5 Å². The van der Waals surface area contributed by atoms with Crippen LogP contribution in [0, 0.1) is 11.7 Å². The molecule has 154 valence electrons. The number of amides is 1. The first-order valence-corrected chi connectivity index (χ1v) is 10.5. The second-order valence-corrected chi connectivity index (χ2v) is 8.41. The van der Waals surface area contributed by atoms with Gasteiger partial charge in [0.2, 0.25) is 5.91 Å². The summed E-state index contributed by atoms with van der Waals surface area (Å²) in [4.78, 5) is 14.9. The van der Waals surface area contributed by atoms with Gasteiger partial charge in [-0.3, -0.25) is 9.69 Å². The lowest BCUT2D eigenvalue weighted by Gasteiger charge is -2.32. The average molecular weight is 417 g/mol. The fourth-order valence-corrected chi connectivity index (χ4v) is 4.49. The van der Waals surface area contributed by atoms with Gasteiger partial charge in [-0.2, -0.15) is 0 Å². The molecule has 1 heterocycles. The zero-order valence-electron chi connectivity index (χ0n) is 16.5. The Bertz CT molecular complexity index is 883. The normalized spacial score (nSPS) is 22.3. The number of carbonyl (C=O) groups excluding carboxylic acids is 1. The summed E-state index contributed by atoms with van der Waals surface area (Å²) in [5, 5.41) is 3.97. The van der Waals surface area contributed by atoms with Crippen LogP contribution < -0.4 is 10.1 Å². The maximum atomic E-state index is 13.9. The van der Waals surface area contributed by atoms with Gasteiger partial charge in [-0.1, -0.05) is 35.9 Å². The molecule has 2 fully saturated rings. The number of nitrogens with zero attached hydrogens (tertiary/aromatic N) is 1. The Balaban J connectivity index is 1.24. The van der Waals surface area contributed by atoms with Gasteiger partial charge in [-0.15, -0.1) is 0 Å². The third-order valence-corrected chi connectivity index (χ3v) is 6.33. The van der Waals surface area contributed by atoms with Gasteiger partial charge in [-0.05, 0) is 54.5 Å². The average Bonchev–Trinajstić information content (AvgIpc) is 3.51. The van der Waals surface area contributed by atoms with E-state index in [2.05, 4.69) is 10.2 Å². The highest BCUT2D eigenvalue weighted by atomic mass is 35.5. The maximum Gasteiger partial charge on any atom is 0.223 e. The lowest BCUT2D eigenvalue weighted by Crippen LogP contribution is -2.44. The van der Waals surface area contributed by atoms with Gasteiger partial charge in [0.25, 0.3) is 0 Å². The van der Waals surface area contributed by atoms with Crippen molar-refractivity contribution in [3.05, 3.63) is 64.4 Å². The molecule has 2 aliphatic rings. The monoisotopic (exact) mass is 416 g/mol. The third kappa shape index (κ3) is 4.73. The lowest BCUT2D eigenvalue weighted by atomic mass is 10.0. The zero-order chi connectivity index (χ0) is 20.4. The molecule has 29 heavy (non-hydrogen) atoms. The van der Waals surface area contributed by atoms with Gasteiger partial charge >= 0.3 is 0 Å². The Kier molecular flexibility index (Phi) is 6.07. The summed E-state index contributed by atoms with van der Waals surface area (Å²) < 4.78 is 18.8. The van der Waals surface area contributed by atoms with Gasteiger partial charge in [-0.25, -0.2) is 4.39 Å². The minimum absolute atomic E-state index is 0.0372. The number of piperidine rings is 1. The lowest BCUT2D eigenvalue weighted by molar-refractivity contribution is -0.123. The summed E-state index contributed by atoms with van der Waals surface area (Å²) in [6, 6.07) is 13.1. The molecule has 0 bridgehead atoms. The van der Waals surface area contributed by atoms with Crippen molar-refractivity contribution in [3.63, 3.8) is 0 Å². The van der Waals surface area contributed by atoms with E-state index in [0.717, 1.165) is 48.5 Å². The fourth-order valence-electron chi connectivity index (χ4n) is 4.21. The smallest absolute Gasteiger partial charge is 0.223 e. The Morgan fingerprint density at radius 3 is 2.69 bits per heavy atom. The van der Waals surface area contributed by atoms with Crippen LogP contribution >= 0.6 is 11.6 Å². The van der Waals surface area contributed by atoms with Crippen LogP contribution in [0.1, 0.15) is 36.3 Å². The Morgan fingerprint density at radius 1 is 1.24 bits per heavy atom. The van der Waals surface area contributed by atoms with E-state index >= 15 is 0 Å². The van der Waals surface area contributed by atoms with Crippen LogP contribution in [-0.2, 0) is 11.3 Å². The quantitative estimate of drug-likeness (QED) is 0.760. The second kappa shape index (κ2) is 8.72. The molecule has 1 saturated carbocycles. The van der Waals surface area contributed by atoms with Crippen LogP contribution in [0.2, 0.25) is 5.02 Å². The molecular formula is C23H26ClFN2O2. The van der Waals surface area contributed by atoms with E-state index in [4.69, 9.17) is 16.3 Å². The molecule has 4 rings (SSSR count). The largest absolute Gasteiger partial charge is 0.494 e. The van der Waals surface area contributed by atoms with Crippen molar-refractivity contribution in [2.45, 2.75) is 37.8 Å². The molecule has 1 aliphatic carbocycles. The molecule has 1 aliphatic heterocycles. The van der Waals surface area contributed by atoms with Crippen molar-refractivity contribution in [2.24, 2.45) is 5.92 Å². The number of nitrogens with one attached hydrogen (secondary N) is 1. The zero-order valence-corrected chi connectivity index (χ0v) is 17.3. The Labute approximate surface area is 176 Å². The molecule has 2 aromatic rings. The molecular weight excluding hydrogens is 391 g/mol. The fraction of sp³-hybridized carbons (Fsp3) is 0.435. The second-order valence-electron chi connectivity index (χ2n) is 8.00. The molecule has 2 unspecified atom stereocenters. The molecule has 4 nitrogen and oxygen atoms in total. The van der Waals surface area contributed by atoms with E-state index < -0.39 is 0 Å². The molecule has 1 N–H and O–H groups in total. The molecule has 1 saturated heterocycles. The van der Waals surface area contributed by atoms with Gasteiger partial charge in [0.05, 0.1) is 7.11 Å². The van der Waals surface area contributed by atoms with Crippen LogP contribution in [0.5, 0.6) is 5.75 Å². The van der Waals surface area contributed by atoms with E-state index in [1.165, 1.54) is 13.2 Å². The molecule has 6 heteroatoms. The highest BCUT2D eigenvalue weighted by Gasteiger charge is 2.45. The van der Waals surface area contributed by atoms with Crippen molar-refractivity contribution in [2.75, 3.05) is 20.2 Å². The first-order chi connectivity index (χ1) is 14.0. The minimum atomic E-state index is -0.329. The number of likely N-dealkylation sites (tertiary alicyclic amines) is 1. The van der Waals surface area contributed by atoms with Crippen LogP contribution in [0.3, 0.4) is 0 Å². The molecule has 2 aromatic carbocycles.